The van der Waals surface area contributed by atoms with Gasteiger partial charge in [-0.1, -0.05) is 45.0 Å². The monoisotopic (exact) mass is 435 g/mol. The molecule has 0 aliphatic carbocycles. The van der Waals surface area contributed by atoms with Crippen LogP contribution in [0.15, 0.2) is 84.0 Å². The second-order valence-corrected chi connectivity index (χ2v) is 9.75. The maximum atomic E-state index is 12.4. The molecule has 0 aliphatic heterocycles. The molecule has 0 saturated heterocycles. The average Bonchev–Trinajstić information content (AvgIpc) is 2.73. The van der Waals surface area contributed by atoms with Crippen LogP contribution in [0.4, 0.5) is 11.4 Å². The van der Waals surface area contributed by atoms with Crippen LogP contribution < -0.4 is 10.0 Å². The SMILES string of the molecule is CC(C)(C)c1ccc(/C=C/C(=O)Nc2ccc(S(=O)(=O)Nc3cccnc3)cc2)cc1. The first-order chi connectivity index (χ1) is 14.6. The molecule has 0 fully saturated rings. The summed E-state index contributed by atoms with van der Waals surface area (Å²) in [5, 5.41) is 2.73. The number of sulfonamides is 1. The summed E-state index contributed by atoms with van der Waals surface area (Å²) < 4.78 is 27.3. The van der Waals surface area contributed by atoms with E-state index >= 15 is 0 Å². The fourth-order valence-corrected chi connectivity index (χ4v) is 3.85. The van der Waals surface area contributed by atoms with Gasteiger partial charge in [0.2, 0.25) is 5.91 Å². The van der Waals surface area contributed by atoms with Gasteiger partial charge in [0.25, 0.3) is 10.0 Å². The van der Waals surface area contributed by atoms with Gasteiger partial charge in [-0.2, -0.15) is 0 Å². The lowest BCUT2D eigenvalue weighted by molar-refractivity contribution is -0.111. The summed E-state index contributed by atoms with van der Waals surface area (Å²) in [5.74, 6) is -0.302. The molecule has 2 N–H and O–H groups in total. The van der Waals surface area contributed by atoms with Crippen LogP contribution >= 0.6 is 0 Å². The maximum Gasteiger partial charge on any atom is 0.261 e. The van der Waals surface area contributed by atoms with Gasteiger partial charge >= 0.3 is 0 Å². The summed E-state index contributed by atoms with van der Waals surface area (Å²) in [7, 11) is -3.74. The summed E-state index contributed by atoms with van der Waals surface area (Å²) in [6.45, 7) is 6.45. The Kier molecular flexibility index (Phi) is 6.56. The first-order valence-electron chi connectivity index (χ1n) is 9.76. The predicted molar refractivity (Wildman–Crippen MR) is 124 cm³/mol. The summed E-state index contributed by atoms with van der Waals surface area (Å²) >= 11 is 0. The molecule has 7 heteroatoms. The van der Waals surface area contributed by atoms with E-state index in [9.17, 15) is 13.2 Å². The minimum absolute atomic E-state index is 0.0762. The summed E-state index contributed by atoms with van der Waals surface area (Å²) in [6.07, 6.45) is 6.17. The predicted octanol–water partition coefficient (Wildman–Crippen LogP) is 4.83. The Labute approximate surface area is 183 Å². The van der Waals surface area contributed by atoms with E-state index in [1.807, 2.05) is 12.1 Å². The van der Waals surface area contributed by atoms with Crippen LogP contribution in [0.1, 0.15) is 31.9 Å². The number of nitrogens with zero attached hydrogens (tertiary/aromatic N) is 1. The number of nitrogens with one attached hydrogen (secondary N) is 2. The molecular formula is C24H25N3O3S. The van der Waals surface area contributed by atoms with Crippen molar-refractivity contribution in [2.75, 3.05) is 10.0 Å². The maximum absolute atomic E-state index is 12.4. The number of carbonyl (C=O) groups excluding carboxylic acids is 1. The van der Waals surface area contributed by atoms with Crippen LogP contribution in [0.5, 0.6) is 0 Å². The van der Waals surface area contributed by atoms with Crippen LogP contribution in [0.3, 0.4) is 0 Å². The van der Waals surface area contributed by atoms with Gasteiger partial charge in [0.1, 0.15) is 0 Å². The molecule has 2 aromatic carbocycles. The number of hydrogen-bond donors (Lipinski definition) is 2. The highest BCUT2D eigenvalue weighted by atomic mass is 32.2. The fourth-order valence-electron chi connectivity index (χ4n) is 2.80. The molecule has 1 aromatic heterocycles. The number of benzene rings is 2. The molecule has 31 heavy (non-hydrogen) atoms. The Balaban J connectivity index is 1.61. The van der Waals surface area contributed by atoms with Gasteiger partial charge in [0, 0.05) is 18.0 Å². The molecule has 0 spiro atoms. The molecule has 0 radical (unpaired) electrons. The van der Waals surface area contributed by atoms with E-state index in [2.05, 4.69) is 47.9 Å². The summed E-state index contributed by atoms with van der Waals surface area (Å²) in [6, 6.07) is 17.3. The first kappa shape index (κ1) is 22.2. The average molecular weight is 436 g/mol. The first-order valence-corrected chi connectivity index (χ1v) is 11.2. The van der Waals surface area contributed by atoms with Crippen molar-refractivity contribution in [2.45, 2.75) is 31.1 Å². The quantitative estimate of drug-likeness (QED) is 0.543. The van der Waals surface area contributed by atoms with Crippen molar-refractivity contribution in [3.8, 4) is 0 Å². The Morgan fingerprint density at radius 1 is 0.935 bits per heavy atom. The van der Waals surface area contributed by atoms with E-state index < -0.39 is 10.0 Å². The number of carbonyl (C=O) groups is 1. The highest BCUT2D eigenvalue weighted by Crippen LogP contribution is 2.22. The molecule has 0 saturated carbocycles. The third-order valence-corrected chi connectivity index (χ3v) is 5.95. The van der Waals surface area contributed by atoms with Crippen LogP contribution in [-0.4, -0.2) is 19.3 Å². The minimum atomic E-state index is -3.74. The third-order valence-electron chi connectivity index (χ3n) is 4.55. The molecule has 1 heterocycles. The van der Waals surface area contributed by atoms with E-state index in [1.54, 1.807) is 36.5 Å². The highest BCUT2D eigenvalue weighted by Gasteiger charge is 2.14. The molecule has 6 nitrogen and oxygen atoms in total. The number of rotatable bonds is 6. The van der Waals surface area contributed by atoms with E-state index in [-0.39, 0.29) is 16.2 Å². The number of aromatic nitrogens is 1. The van der Waals surface area contributed by atoms with Crippen molar-refractivity contribution < 1.29 is 13.2 Å². The van der Waals surface area contributed by atoms with E-state index in [1.165, 1.54) is 30.0 Å². The Bertz CT molecular complexity index is 1160. The second-order valence-electron chi connectivity index (χ2n) is 8.07. The molecule has 0 atom stereocenters. The summed E-state index contributed by atoms with van der Waals surface area (Å²) in [5.41, 5.74) is 3.10. The smallest absolute Gasteiger partial charge is 0.261 e. The molecule has 0 unspecified atom stereocenters. The van der Waals surface area contributed by atoms with E-state index in [0.717, 1.165) is 5.56 Å². The number of pyridine rings is 1. The van der Waals surface area contributed by atoms with Crippen molar-refractivity contribution in [1.29, 1.82) is 0 Å². The zero-order chi connectivity index (χ0) is 22.5. The van der Waals surface area contributed by atoms with Crippen molar-refractivity contribution in [2.24, 2.45) is 0 Å². The summed E-state index contributed by atoms with van der Waals surface area (Å²) in [4.78, 5) is 16.2. The lowest BCUT2D eigenvalue weighted by atomic mass is 9.87. The van der Waals surface area contributed by atoms with Crippen molar-refractivity contribution in [1.82, 2.24) is 4.98 Å². The molecule has 160 valence electrons. The van der Waals surface area contributed by atoms with Gasteiger partial charge in [-0.15, -0.1) is 0 Å². The van der Waals surface area contributed by atoms with Crippen molar-refractivity contribution in [3.63, 3.8) is 0 Å². The number of amides is 1. The minimum Gasteiger partial charge on any atom is -0.323 e. The van der Waals surface area contributed by atoms with Crippen LogP contribution in [-0.2, 0) is 20.2 Å². The zero-order valence-electron chi connectivity index (χ0n) is 17.7. The Morgan fingerprint density at radius 2 is 1.61 bits per heavy atom. The van der Waals surface area contributed by atoms with Gasteiger partial charge in [-0.25, -0.2) is 8.42 Å². The largest absolute Gasteiger partial charge is 0.323 e. The molecule has 0 bridgehead atoms. The van der Waals surface area contributed by atoms with Gasteiger partial charge < -0.3 is 5.32 Å². The lowest BCUT2D eigenvalue weighted by Crippen LogP contribution is -2.13. The Morgan fingerprint density at radius 3 is 2.19 bits per heavy atom. The molecule has 3 rings (SSSR count). The van der Waals surface area contributed by atoms with Gasteiger partial charge in [-0.05, 0) is 59.0 Å². The molecule has 1 amide bonds. The van der Waals surface area contributed by atoms with E-state index in [4.69, 9.17) is 0 Å². The van der Waals surface area contributed by atoms with Gasteiger partial charge in [0.05, 0.1) is 16.8 Å². The normalized spacial score (nSPS) is 12.0. The van der Waals surface area contributed by atoms with Crippen molar-refractivity contribution >= 4 is 33.4 Å². The van der Waals surface area contributed by atoms with Crippen LogP contribution in [0, 0.1) is 0 Å². The molecule has 0 aliphatic rings. The lowest BCUT2D eigenvalue weighted by Gasteiger charge is -2.18. The third kappa shape index (κ3) is 6.26. The highest BCUT2D eigenvalue weighted by molar-refractivity contribution is 7.92. The molecule has 3 aromatic rings. The molecular weight excluding hydrogens is 410 g/mol. The zero-order valence-corrected chi connectivity index (χ0v) is 18.5. The fraction of sp³-hybridized carbons (Fsp3) is 0.167. The van der Waals surface area contributed by atoms with E-state index in [0.29, 0.717) is 11.4 Å². The Hall–Kier alpha value is -3.45. The standard InChI is InChI=1S/C24H25N3O3S/c1-24(2,3)19-9-6-18(7-10-19)8-15-23(28)26-20-11-13-22(14-12-20)31(29,30)27-21-5-4-16-25-17-21/h4-17,27H,1-3H3,(H,26,28)/b15-8+. The number of hydrogen-bond acceptors (Lipinski definition) is 4. The van der Waals surface area contributed by atoms with Crippen LogP contribution in [0.2, 0.25) is 0 Å². The van der Waals surface area contributed by atoms with Gasteiger partial charge in [0.15, 0.2) is 0 Å². The van der Waals surface area contributed by atoms with Crippen molar-refractivity contribution in [3.05, 3.63) is 90.3 Å². The second kappa shape index (κ2) is 9.14. The van der Waals surface area contributed by atoms with Gasteiger partial charge in [-0.3, -0.25) is 14.5 Å². The topological polar surface area (TPSA) is 88.2 Å². The van der Waals surface area contributed by atoms with Crippen LogP contribution in [0.25, 0.3) is 6.08 Å². The number of anilines is 2.